The monoisotopic (exact) mass is 212 g/mol. The fourth-order valence-corrected chi connectivity index (χ4v) is 1.55. The van der Waals surface area contributed by atoms with Crippen molar-refractivity contribution < 1.29 is 9.90 Å². The normalized spacial score (nSPS) is 14.6. The molecule has 0 aliphatic heterocycles. The lowest BCUT2D eigenvalue weighted by Crippen LogP contribution is -2.10. The molecule has 0 rings (SSSR count). The van der Waals surface area contributed by atoms with Gasteiger partial charge in [0.1, 0.15) is 0 Å². The molecule has 0 aromatic carbocycles. The molecule has 88 valence electrons. The summed E-state index contributed by atoms with van der Waals surface area (Å²) in [6.07, 6.45) is 5.27. The summed E-state index contributed by atoms with van der Waals surface area (Å²) in [7, 11) is 0. The molecule has 0 aliphatic rings. The first-order valence-corrected chi connectivity index (χ1v) is 5.80. The summed E-state index contributed by atoms with van der Waals surface area (Å²) in [5.41, 5.74) is 1.24. The number of carbonyl (C=O) groups is 1. The molecule has 0 radical (unpaired) electrons. The Morgan fingerprint density at radius 2 is 1.87 bits per heavy atom. The molecule has 1 N–H and O–H groups in total. The average molecular weight is 212 g/mol. The number of aliphatic carboxylic acids is 1. The van der Waals surface area contributed by atoms with Crippen LogP contribution in [0.4, 0.5) is 0 Å². The number of carboxylic acid groups (broad SMARTS) is 1. The molecule has 0 saturated heterocycles. The lowest BCUT2D eigenvalue weighted by Gasteiger charge is -2.12. The van der Waals surface area contributed by atoms with E-state index in [0.717, 1.165) is 19.3 Å². The molecule has 0 fully saturated rings. The van der Waals surface area contributed by atoms with Gasteiger partial charge >= 0.3 is 5.97 Å². The fourth-order valence-electron chi connectivity index (χ4n) is 1.55. The molecule has 0 aromatic rings. The van der Waals surface area contributed by atoms with Gasteiger partial charge in [0, 0.05) is 0 Å². The Morgan fingerprint density at radius 3 is 2.33 bits per heavy atom. The molecule has 0 bridgehead atoms. The quantitative estimate of drug-likeness (QED) is 0.620. The molecule has 2 heteroatoms. The third-order valence-corrected chi connectivity index (χ3v) is 2.81. The Balaban J connectivity index is 3.52. The van der Waals surface area contributed by atoms with E-state index in [9.17, 15) is 4.79 Å². The highest BCUT2D eigenvalue weighted by Gasteiger charge is 2.12. The molecule has 1 unspecified atom stereocenters. The van der Waals surface area contributed by atoms with Crippen LogP contribution in [0.5, 0.6) is 0 Å². The second-order valence-electron chi connectivity index (χ2n) is 4.77. The Morgan fingerprint density at radius 1 is 1.27 bits per heavy atom. The van der Waals surface area contributed by atoms with Gasteiger partial charge in [-0.2, -0.15) is 0 Å². The van der Waals surface area contributed by atoms with Crippen LogP contribution in [0.2, 0.25) is 0 Å². The van der Waals surface area contributed by atoms with E-state index in [4.69, 9.17) is 5.11 Å². The predicted octanol–water partition coefficient (Wildman–Crippen LogP) is 3.87. The molecule has 0 saturated carbocycles. The van der Waals surface area contributed by atoms with Crippen molar-refractivity contribution in [3.63, 3.8) is 0 Å². The van der Waals surface area contributed by atoms with Gasteiger partial charge in [-0.1, -0.05) is 25.8 Å². The van der Waals surface area contributed by atoms with Gasteiger partial charge in [0.15, 0.2) is 0 Å². The van der Waals surface area contributed by atoms with Crippen molar-refractivity contribution in [2.75, 3.05) is 0 Å². The molecule has 0 spiro atoms. The van der Waals surface area contributed by atoms with Gasteiger partial charge in [-0.15, -0.1) is 6.58 Å². The number of rotatable bonds is 8. The lowest BCUT2D eigenvalue weighted by molar-refractivity contribution is -0.141. The molecule has 2 nitrogen and oxygen atoms in total. The smallest absolute Gasteiger partial charge is 0.306 e. The molecule has 0 aromatic heterocycles. The zero-order chi connectivity index (χ0) is 11.8. The van der Waals surface area contributed by atoms with E-state index in [0.29, 0.717) is 5.92 Å². The first-order chi connectivity index (χ1) is 6.93. The number of carboxylic acids is 1. The highest BCUT2D eigenvalue weighted by Crippen LogP contribution is 2.18. The molecular formula is C13H24O2. The standard InChI is InChI=1S/C13H24O2/c1-10(2)6-5-7-11(3)8-9-12(4)13(14)15/h11-12H,1,5-9H2,2-4H3,(H,14,15)/t11?,12-/m0/s1. The van der Waals surface area contributed by atoms with E-state index in [1.165, 1.54) is 18.4 Å². The van der Waals surface area contributed by atoms with Crippen molar-refractivity contribution >= 4 is 5.97 Å². The first kappa shape index (κ1) is 14.2. The van der Waals surface area contributed by atoms with E-state index in [2.05, 4.69) is 20.4 Å². The maximum Gasteiger partial charge on any atom is 0.306 e. The minimum absolute atomic E-state index is 0.200. The van der Waals surface area contributed by atoms with E-state index in [1.54, 1.807) is 6.92 Å². The van der Waals surface area contributed by atoms with E-state index in [1.807, 2.05) is 0 Å². The van der Waals surface area contributed by atoms with Crippen LogP contribution in [0.1, 0.15) is 52.9 Å². The molecule has 0 aliphatic carbocycles. The van der Waals surface area contributed by atoms with Crippen molar-refractivity contribution in [2.45, 2.75) is 52.9 Å². The lowest BCUT2D eigenvalue weighted by atomic mass is 9.93. The minimum Gasteiger partial charge on any atom is -0.481 e. The van der Waals surface area contributed by atoms with Crippen LogP contribution >= 0.6 is 0 Å². The van der Waals surface area contributed by atoms with E-state index in [-0.39, 0.29) is 5.92 Å². The van der Waals surface area contributed by atoms with Gasteiger partial charge in [-0.05, 0) is 38.5 Å². The molecule has 2 atom stereocenters. The summed E-state index contributed by atoms with van der Waals surface area (Å²) in [6, 6.07) is 0. The number of allylic oxidation sites excluding steroid dienone is 1. The second kappa shape index (κ2) is 7.49. The van der Waals surface area contributed by atoms with Crippen LogP contribution in [0.15, 0.2) is 12.2 Å². The van der Waals surface area contributed by atoms with Crippen molar-refractivity contribution in [3.05, 3.63) is 12.2 Å². The van der Waals surface area contributed by atoms with Gasteiger partial charge in [-0.25, -0.2) is 0 Å². The van der Waals surface area contributed by atoms with Crippen LogP contribution < -0.4 is 0 Å². The number of hydrogen-bond donors (Lipinski definition) is 1. The van der Waals surface area contributed by atoms with Gasteiger partial charge in [0.2, 0.25) is 0 Å². The summed E-state index contributed by atoms with van der Waals surface area (Å²) < 4.78 is 0. The highest BCUT2D eigenvalue weighted by molar-refractivity contribution is 5.69. The second-order valence-corrected chi connectivity index (χ2v) is 4.77. The van der Waals surface area contributed by atoms with E-state index < -0.39 is 5.97 Å². The highest BCUT2D eigenvalue weighted by atomic mass is 16.4. The number of hydrogen-bond acceptors (Lipinski definition) is 1. The van der Waals surface area contributed by atoms with Gasteiger partial charge in [-0.3, -0.25) is 4.79 Å². The Labute approximate surface area is 93.4 Å². The Kier molecular flexibility index (Phi) is 7.10. The zero-order valence-electron chi connectivity index (χ0n) is 10.3. The summed E-state index contributed by atoms with van der Waals surface area (Å²) in [6.45, 7) is 9.91. The largest absolute Gasteiger partial charge is 0.481 e. The van der Waals surface area contributed by atoms with Crippen LogP contribution in [0, 0.1) is 11.8 Å². The van der Waals surface area contributed by atoms with Crippen molar-refractivity contribution in [1.82, 2.24) is 0 Å². The van der Waals surface area contributed by atoms with Gasteiger partial charge in [0.05, 0.1) is 5.92 Å². The van der Waals surface area contributed by atoms with Crippen LogP contribution in [0.3, 0.4) is 0 Å². The summed E-state index contributed by atoms with van der Waals surface area (Å²) in [5.74, 6) is -0.246. The summed E-state index contributed by atoms with van der Waals surface area (Å²) in [4.78, 5) is 10.6. The maximum atomic E-state index is 10.6. The molecule has 0 heterocycles. The van der Waals surface area contributed by atoms with Crippen molar-refractivity contribution in [1.29, 1.82) is 0 Å². The zero-order valence-corrected chi connectivity index (χ0v) is 10.3. The Bertz CT molecular complexity index is 209. The third kappa shape index (κ3) is 8.22. The predicted molar refractivity (Wildman–Crippen MR) is 63.9 cm³/mol. The molecule has 0 amide bonds. The van der Waals surface area contributed by atoms with Gasteiger partial charge in [0.25, 0.3) is 0 Å². The minimum atomic E-state index is -0.677. The fraction of sp³-hybridized carbons (Fsp3) is 0.769. The summed E-state index contributed by atoms with van der Waals surface area (Å²) >= 11 is 0. The van der Waals surface area contributed by atoms with E-state index >= 15 is 0 Å². The average Bonchev–Trinajstić information content (AvgIpc) is 2.13. The van der Waals surface area contributed by atoms with Crippen LogP contribution in [0.25, 0.3) is 0 Å². The Hall–Kier alpha value is -0.790. The van der Waals surface area contributed by atoms with Gasteiger partial charge < -0.3 is 5.11 Å². The third-order valence-electron chi connectivity index (χ3n) is 2.81. The SMILES string of the molecule is C=C(C)CCCC(C)CC[C@H](C)C(=O)O. The topological polar surface area (TPSA) is 37.3 Å². The summed E-state index contributed by atoms with van der Waals surface area (Å²) in [5, 5.41) is 8.73. The maximum absolute atomic E-state index is 10.6. The van der Waals surface area contributed by atoms with Crippen LogP contribution in [-0.4, -0.2) is 11.1 Å². The first-order valence-electron chi connectivity index (χ1n) is 5.80. The molecular weight excluding hydrogens is 188 g/mol. The van der Waals surface area contributed by atoms with Crippen molar-refractivity contribution in [3.8, 4) is 0 Å². The molecule has 15 heavy (non-hydrogen) atoms. The van der Waals surface area contributed by atoms with Crippen LogP contribution in [-0.2, 0) is 4.79 Å². The van der Waals surface area contributed by atoms with Crippen molar-refractivity contribution in [2.24, 2.45) is 11.8 Å².